The monoisotopic (exact) mass is 208 g/mol. The lowest BCUT2D eigenvalue weighted by atomic mass is 9.76. The quantitative estimate of drug-likeness (QED) is 0.591. The van der Waals surface area contributed by atoms with E-state index in [1.54, 1.807) is 16.7 Å². The molecule has 0 bridgehead atoms. The predicted molar refractivity (Wildman–Crippen MR) is 67.9 cm³/mol. The van der Waals surface area contributed by atoms with Crippen molar-refractivity contribution in [3.05, 3.63) is 47.0 Å². The fraction of sp³-hybridized carbons (Fsp3) is 0.375. The molecule has 0 radical (unpaired) electrons. The Bertz CT molecular complexity index is 517. The molecule has 0 heterocycles. The van der Waals surface area contributed by atoms with E-state index in [-0.39, 0.29) is 0 Å². The van der Waals surface area contributed by atoms with Crippen LogP contribution in [0.1, 0.15) is 43.2 Å². The highest BCUT2D eigenvalue weighted by Crippen LogP contribution is 2.53. The molecule has 0 spiro atoms. The van der Waals surface area contributed by atoms with Gasteiger partial charge in [0.2, 0.25) is 0 Å². The zero-order valence-corrected chi connectivity index (χ0v) is 9.50. The Hall–Kier alpha value is -1.30. The van der Waals surface area contributed by atoms with E-state index in [0.717, 1.165) is 5.92 Å². The molecule has 0 saturated carbocycles. The molecule has 0 amide bonds. The lowest BCUT2D eigenvalue weighted by Crippen LogP contribution is -2.12. The Balaban J connectivity index is 2.03. The van der Waals surface area contributed by atoms with Crippen LogP contribution in [0.3, 0.4) is 0 Å². The lowest BCUT2D eigenvalue weighted by Gasteiger charge is -2.28. The molecule has 1 atom stereocenters. The van der Waals surface area contributed by atoms with Gasteiger partial charge in [0.1, 0.15) is 0 Å². The van der Waals surface area contributed by atoms with Crippen LogP contribution in [0.2, 0.25) is 0 Å². The summed E-state index contributed by atoms with van der Waals surface area (Å²) in [5, 5.41) is 0. The van der Waals surface area contributed by atoms with E-state index >= 15 is 0 Å². The van der Waals surface area contributed by atoms with Crippen molar-refractivity contribution < 1.29 is 0 Å². The van der Waals surface area contributed by atoms with E-state index in [1.165, 1.54) is 43.2 Å². The van der Waals surface area contributed by atoms with Crippen LogP contribution < -0.4 is 0 Å². The van der Waals surface area contributed by atoms with Gasteiger partial charge in [0, 0.05) is 0 Å². The second-order valence-electron chi connectivity index (χ2n) is 5.22. The maximum Gasteiger partial charge on any atom is -0.0109 e. The zero-order valence-electron chi connectivity index (χ0n) is 9.50. The molecular formula is C16H16. The summed E-state index contributed by atoms with van der Waals surface area (Å²) in [6, 6.07) is 9.00. The number of allylic oxidation sites excluding steroid dienone is 4. The second kappa shape index (κ2) is 3.10. The summed E-state index contributed by atoms with van der Waals surface area (Å²) >= 11 is 0. The van der Waals surface area contributed by atoms with Crippen LogP contribution in [0, 0.1) is 5.92 Å². The fourth-order valence-electron chi connectivity index (χ4n) is 3.78. The number of hydrogen-bond donors (Lipinski definition) is 0. The molecule has 0 fully saturated rings. The molecule has 0 nitrogen and oxygen atoms in total. The van der Waals surface area contributed by atoms with Gasteiger partial charge < -0.3 is 0 Å². The van der Waals surface area contributed by atoms with Crippen LogP contribution in [0.15, 0.2) is 35.9 Å². The molecule has 0 saturated heterocycles. The highest BCUT2D eigenvalue weighted by molar-refractivity contribution is 6.01. The van der Waals surface area contributed by atoms with E-state index < -0.39 is 0 Å². The van der Waals surface area contributed by atoms with Gasteiger partial charge >= 0.3 is 0 Å². The normalized spacial score (nSPS) is 26.2. The average Bonchev–Trinajstić information content (AvgIpc) is 2.68. The fourth-order valence-corrected chi connectivity index (χ4v) is 3.78. The Morgan fingerprint density at radius 1 is 1.00 bits per heavy atom. The van der Waals surface area contributed by atoms with Gasteiger partial charge in [-0.25, -0.2) is 0 Å². The van der Waals surface area contributed by atoms with Crippen molar-refractivity contribution in [2.45, 2.75) is 32.1 Å². The topological polar surface area (TPSA) is 0 Å². The van der Waals surface area contributed by atoms with E-state index in [9.17, 15) is 0 Å². The molecule has 16 heavy (non-hydrogen) atoms. The maximum atomic E-state index is 2.48. The van der Waals surface area contributed by atoms with Gasteiger partial charge in [0.05, 0.1) is 0 Å². The predicted octanol–water partition coefficient (Wildman–Crippen LogP) is 4.43. The molecule has 0 aliphatic heterocycles. The smallest absolute Gasteiger partial charge is 0.0109 e. The number of hydrogen-bond acceptors (Lipinski definition) is 0. The van der Waals surface area contributed by atoms with Crippen molar-refractivity contribution in [3.8, 4) is 0 Å². The second-order valence-corrected chi connectivity index (χ2v) is 5.22. The first-order valence-electron chi connectivity index (χ1n) is 6.48. The van der Waals surface area contributed by atoms with Crippen molar-refractivity contribution in [3.63, 3.8) is 0 Å². The lowest BCUT2D eigenvalue weighted by molar-refractivity contribution is 0.494. The maximum absolute atomic E-state index is 2.48. The molecule has 3 aliphatic rings. The standard InChI is InChI=1S/C16H16/c1-2-8-13-12(7-1)14-9-3-5-11-6-4-10-15(13)16(11)14/h1-2,7-9,11H,3-6,10H2/t11-/m1/s1. The molecule has 4 rings (SSSR count). The molecule has 1 aromatic rings. The van der Waals surface area contributed by atoms with E-state index in [0.29, 0.717) is 0 Å². The Morgan fingerprint density at radius 2 is 1.88 bits per heavy atom. The van der Waals surface area contributed by atoms with Gasteiger partial charge in [-0.1, -0.05) is 30.3 Å². The largest absolute Gasteiger partial charge is 0.0763 e. The molecule has 0 N–H and O–H groups in total. The van der Waals surface area contributed by atoms with Gasteiger partial charge in [0.25, 0.3) is 0 Å². The minimum Gasteiger partial charge on any atom is -0.0763 e. The van der Waals surface area contributed by atoms with Crippen molar-refractivity contribution >= 4 is 11.1 Å². The van der Waals surface area contributed by atoms with Gasteiger partial charge in [-0.2, -0.15) is 0 Å². The summed E-state index contributed by atoms with van der Waals surface area (Å²) in [5.74, 6) is 0.871. The third-order valence-corrected chi connectivity index (χ3v) is 4.41. The van der Waals surface area contributed by atoms with E-state index in [1.807, 2.05) is 0 Å². The zero-order chi connectivity index (χ0) is 10.5. The molecule has 0 unspecified atom stereocenters. The number of benzene rings is 1. The Kier molecular flexibility index (Phi) is 1.71. The molecule has 0 heteroatoms. The SMILES string of the molecule is C1=C2C3=C(CCC[C@H]3CC1)c1ccccc12. The van der Waals surface area contributed by atoms with E-state index in [4.69, 9.17) is 0 Å². The third-order valence-electron chi connectivity index (χ3n) is 4.41. The third kappa shape index (κ3) is 1.000. The van der Waals surface area contributed by atoms with Gasteiger partial charge in [-0.3, -0.25) is 0 Å². The molecule has 80 valence electrons. The van der Waals surface area contributed by atoms with Crippen LogP contribution in [0.5, 0.6) is 0 Å². The summed E-state index contributed by atoms with van der Waals surface area (Å²) in [7, 11) is 0. The van der Waals surface area contributed by atoms with Crippen molar-refractivity contribution in [1.82, 2.24) is 0 Å². The summed E-state index contributed by atoms with van der Waals surface area (Å²) in [6.07, 6.45) is 9.26. The van der Waals surface area contributed by atoms with Crippen molar-refractivity contribution in [2.24, 2.45) is 5.92 Å². The highest BCUT2D eigenvalue weighted by atomic mass is 14.4. The minimum atomic E-state index is 0.871. The van der Waals surface area contributed by atoms with Gasteiger partial charge in [-0.15, -0.1) is 0 Å². The highest BCUT2D eigenvalue weighted by Gasteiger charge is 2.34. The molecule has 3 aliphatic carbocycles. The first kappa shape index (κ1) is 8.81. The average molecular weight is 208 g/mol. The van der Waals surface area contributed by atoms with E-state index in [2.05, 4.69) is 30.3 Å². The summed E-state index contributed by atoms with van der Waals surface area (Å²) in [5.41, 5.74) is 8.03. The summed E-state index contributed by atoms with van der Waals surface area (Å²) in [6.45, 7) is 0. The number of fused-ring (bicyclic) bond motifs is 3. The summed E-state index contributed by atoms with van der Waals surface area (Å²) in [4.78, 5) is 0. The van der Waals surface area contributed by atoms with Crippen LogP contribution in [0.4, 0.5) is 0 Å². The van der Waals surface area contributed by atoms with Crippen LogP contribution in [0.25, 0.3) is 11.1 Å². The molecule has 1 aromatic carbocycles. The number of rotatable bonds is 0. The molecular weight excluding hydrogens is 192 g/mol. The van der Waals surface area contributed by atoms with Crippen molar-refractivity contribution in [2.75, 3.05) is 0 Å². The van der Waals surface area contributed by atoms with Gasteiger partial charge in [-0.05, 0) is 65.9 Å². The van der Waals surface area contributed by atoms with Crippen LogP contribution in [-0.2, 0) is 0 Å². The first-order valence-corrected chi connectivity index (χ1v) is 6.48. The Labute approximate surface area is 96.7 Å². The Morgan fingerprint density at radius 3 is 2.81 bits per heavy atom. The molecule has 0 aromatic heterocycles. The van der Waals surface area contributed by atoms with Crippen molar-refractivity contribution in [1.29, 1.82) is 0 Å². The van der Waals surface area contributed by atoms with Crippen LogP contribution >= 0.6 is 0 Å². The minimum absolute atomic E-state index is 0.871. The van der Waals surface area contributed by atoms with Crippen LogP contribution in [-0.4, -0.2) is 0 Å². The first-order chi connectivity index (χ1) is 7.95. The van der Waals surface area contributed by atoms with Gasteiger partial charge in [0.15, 0.2) is 0 Å². The summed E-state index contributed by atoms with van der Waals surface area (Å²) < 4.78 is 0.